The van der Waals surface area contributed by atoms with E-state index in [0.717, 1.165) is 0 Å². The number of fused-ring (bicyclic) bond motifs is 3. The van der Waals surface area contributed by atoms with E-state index in [4.69, 9.17) is 5.73 Å². The fourth-order valence-corrected chi connectivity index (χ4v) is 6.77. The summed E-state index contributed by atoms with van der Waals surface area (Å²) >= 11 is 0. The molecule has 11 heteroatoms. The number of carbonyl (C=O) groups is 5. The van der Waals surface area contributed by atoms with Crippen LogP contribution < -0.4 is 10.6 Å². The van der Waals surface area contributed by atoms with Crippen LogP contribution in [0.5, 0.6) is 5.75 Å². The van der Waals surface area contributed by atoms with Crippen LogP contribution in [0.2, 0.25) is 0 Å². The largest absolute Gasteiger partial charge is 0.506 e. The standard InChI is InChI=1S/C28H30N4O7/c1-31(2)17-11-13(16-7-5-6-8-30-16)22(33)19-14(17)9-12-10-15-21(32(3)4)24(35)20(27(29)38)26(37)28(15,39)25(36)18(12)23(19)34/h5-8,11-12,15,18,20-21,33,39H,9-10H2,1-4H3,(H2,29,38)/t12-,15-,18?,20?,21-,28-/m0/s1. The quantitative estimate of drug-likeness (QED) is 0.453. The molecule has 1 heterocycles. The molecule has 0 radical (unpaired) electrons. The van der Waals surface area contributed by atoms with E-state index in [1.54, 1.807) is 63.6 Å². The molecule has 1 amide bonds. The summed E-state index contributed by atoms with van der Waals surface area (Å²) in [6.07, 6.45) is 1.74. The number of phenols is 1. The number of primary amides is 1. The monoisotopic (exact) mass is 534 g/mol. The molecule has 3 aliphatic carbocycles. The molecule has 0 saturated heterocycles. The molecule has 0 spiro atoms. The number of amides is 1. The van der Waals surface area contributed by atoms with Crippen molar-refractivity contribution in [2.75, 3.05) is 33.1 Å². The maximum atomic E-state index is 14.0. The summed E-state index contributed by atoms with van der Waals surface area (Å²) in [7, 11) is 6.69. The van der Waals surface area contributed by atoms with Gasteiger partial charge in [-0.2, -0.15) is 0 Å². The first-order chi connectivity index (χ1) is 18.3. The molecular formula is C28H30N4O7. The van der Waals surface area contributed by atoms with E-state index >= 15 is 0 Å². The normalized spacial score (nSPS) is 30.1. The first kappa shape index (κ1) is 26.6. The second-order valence-electron chi connectivity index (χ2n) is 11.0. The van der Waals surface area contributed by atoms with Crippen molar-refractivity contribution in [3.63, 3.8) is 0 Å². The summed E-state index contributed by atoms with van der Waals surface area (Å²) in [5, 5.41) is 23.0. The Morgan fingerprint density at radius 2 is 1.79 bits per heavy atom. The van der Waals surface area contributed by atoms with Crippen LogP contribution in [0.25, 0.3) is 11.3 Å². The Morgan fingerprint density at radius 3 is 2.36 bits per heavy atom. The van der Waals surface area contributed by atoms with Crippen LogP contribution in [0.3, 0.4) is 0 Å². The molecule has 2 unspecified atom stereocenters. The van der Waals surface area contributed by atoms with E-state index < -0.39 is 64.4 Å². The number of likely N-dealkylation sites (N-methyl/N-ethyl adjacent to an activating group) is 1. The van der Waals surface area contributed by atoms with Gasteiger partial charge in [-0.05, 0) is 56.6 Å². The summed E-state index contributed by atoms with van der Waals surface area (Å²) in [6, 6.07) is 5.73. The minimum Gasteiger partial charge on any atom is -0.506 e. The second-order valence-corrected chi connectivity index (χ2v) is 11.0. The molecule has 2 fully saturated rings. The van der Waals surface area contributed by atoms with Gasteiger partial charge in [-0.3, -0.25) is 33.9 Å². The predicted molar refractivity (Wildman–Crippen MR) is 139 cm³/mol. The lowest BCUT2D eigenvalue weighted by Gasteiger charge is -2.52. The van der Waals surface area contributed by atoms with Gasteiger partial charge < -0.3 is 20.8 Å². The zero-order chi connectivity index (χ0) is 28.5. The fourth-order valence-electron chi connectivity index (χ4n) is 6.77. The van der Waals surface area contributed by atoms with Crippen molar-refractivity contribution < 1.29 is 34.2 Å². The lowest BCUT2D eigenvalue weighted by atomic mass is 9.52. The topological polar surface area (TPSA) is 171 Å². The number of carbonyl (C=O) groups excluding carboxylic acids is 5. The Labute approximate surface area is 224 Å². The Hall–Kier alpha value is -3.96. The third-order valence-electron chi connectivity index (χ3n) is 8.46. The summed E-state index contributed by atoms with van der Waals surface area (Å²) < 4.78 is 0. The number of hydrogen-bond acceptors (Lipinski definition) is 10. The molecule has 0 bridgehead atoms. The summed E-state index contributed by atoms with van der Waals surface area (Å²) in [5.74, 6) is -10.7. The van der Waals surface area contributed by atoms with E-state index in [0.29, 0.717) is 22.5 Å². The first-order valence-corrected chi connectivity index (χ1v) is 12.6. The van der Waals surface area contributed by atoms with Crippen molar-refractivity contribution in [3.05, 3.63) is 41.6 Å². The minimum atomic E-state index is -2.75. The highest BCUT2D eigenvalue weighted by atomic mass is 16.3. The number of aromatic nitrogens is 1. The lowest BCUT2D eigenvalue weighted by molar-refractivity contribution is -0.181. The number of ketones is 4. The maximum absolute atomic E-state index is 14.0. The van der Waals surface area contributed by atoms with Crippen LogP contribution in [0.1, 0.15) is 22.3 Å². The highest BCUT2D eigenvalue weighted by Gasteiger charge is 2.69. The summed E-state index contributed by atoms with van der Waals surface area (Å²) in [5.41, 5.74) is 4.45. The Morgan fingerprint density at radius 1 is 1.10 bits per heavy atom. The van der Waals surface area contributed by atoms with E-state index in [1.807, 2.05) is 0 Å². The Kier molecular flexibility index (Phi) is 6.19. The minimum absolute atomic E-state index is 0.000478. The first-order valence-electron chi connectivity index (χ1n) is 12.6. The van der Waals surface area contributed by atoms with Crippen LogP contribution in [0.15, 0.2) is 30.5 Å². The number of aliphatic hydroxyl groups is 1. The highest BCUT2D eigenvalue weighted by Crippen LogP contribution is 2.52. The molecule has 204 valence electrons. The van der Waals surface area contributed by atoms with Crippen molar-refractivity contribution in [1.82, 2.24) is 9.88 Å². The number of phenolic OH excluding ortho intramolecular Hbond substituents is 1. The van der Waals surface area contributed by atoms with Crippen molar-refractivity contribution in [2.24, 2.45) is 29.4 Å². The molecule has 5 rings (SSSR count). The van der Waals surface area contributed by atoms with Gasteiger partial charge in [-0.15, -0.1) is 0 Å². The average molecular weight is 535 g/mol. The van der Waals surface area contributed by atoms with Gasteiger partial charge in [-0.25, -0.2) is 0 Å². The molecule has 1 aromatic carbocycles. The molecule has 0 aliphatic heterocycles. The van der Waals surface area contributed by atoms with Gasteiger partial charge in [0.1, 0.15) is 5.75 Å². The highest BCUT2D eigenvalue weighted by molar-refractivity contribution is 6.32. The molecule has 11 nitrogen and oxygen atoms in total. The zero-order valence-corrected chi connectivity index (χ0v) is 22.0. The summed E-state index contributed by atoms with van der Waals surface area (Å²) in [4.78, 5) is 74.3. The van der Waals surface area contributed by atoms with Crippen LogP contribution in [0.4, 0.5) is 5.69 Å². The van der Waals surface area contributed by atoms with Gasteiger partial charge in [0.15, 0.2) is 34.7 Å². The van der Waals surface area contributed by atoms with Gasteiger partial charge in [0.25, 0.3) is 0 Å². The molecule has 3 aliphatic rings. The molecule has 2 saturated carbocycles. The predicted octanol–water partition coefficient (Wildman–Crippen LogP) is -0.00500. The number of hydrogen-bond donors (Lipinski definition) is 3. The number of rotatable bonds is 4. The van der Waals surface area contributed by atoms with Crippen molar-refractivity contribution >= 4 is 34.7 Å². The van der Waals surface area contributed by atoms with E-state index in [9.17, 15) is 34.2 Å². The van der Waals surface area contributed by atoms with E-state index in [1.165, 1.54) is 4.90 Å². The third-order valence-corrected chi connectivity index (χ3v) is 8.46. The van der Waals surface area contributed by atoms with Gasteiger partial charge in [0, 0.05) is 37.5 Å². The fraction of sp³-hybridized carbons (Fsp3) is 0.429. The molecule has 4 N–H and O–H groups in total. The van der Waals surface area contributed by atoms with E-state index in [-0.39, 0.29) is 24.2 Å². The molecule has 6 atom stereocenters. The number of nitrogens with zero attached hydrogens (tertiary/aromatic N) is 3. The van der Waals surface area contributed by atoms with Crippen LogP contribution in [0, 0.1) is 23.7 Å². The van der Waals surface area contributed by atoms with Gasteiger partial charge in [0.05, 0.1) is 23.2 Å². The van der Waals surface area contributed by atoms with Crippen LogP contribution in [-0.2, 0) is 25.6 Å². The smallest absolute Gasteiger partial charge is 0.235 e. The summed E-state index contributed by atoms with van der Waals surface area (Å²) in [6.45, 7) is 0. The molecule has 1 aromatic heterocycles. The van der Waals surface area contributed by atoms with Crippen LogP contribution in [-0.4, -0.2) is 89.0 Å². The van der Waals surface area contributed by atoms with Crippen molar-refractivity contribution in [1.29, 1.82) is 0 Å². The number of Topliss-reactive ketones (excluding diaryl/α,β-unsaturated/α-hetero) is 4. The van der Waals surface area contributed by atoms with Gasteiger partial charge >= 0.3 is 0 Å². The van der Waals surface area contributed by atoms with Crippen molar-refractivity contribution in [3.8, 4) is 17.0 Å². The van der Waals surface area contributed by atoms with Gasteiger partial charge in [0.2, 0.25) is 5.91 Å². The SMILES string of the molecule is CN(C)c1cc(-c2ccccn2)c(O)c2c1C[C@H]1C[C@H]3[C@H](N(C)C)C(=O)C(C(N)=O)C(=O)[C@@]3(O)C(=O)C1C2=O. The number of benzene rings is 1. The number of anilines is 1. The molecule has 39 heavy (non-hydrogen) atoms. The van der Waals surface area contributed by atoms with E-state index in [2.05, 4.69) is 4.98 Å². The van der Waals surface area contributed by atoms with Crippen molar-refractivity contribution in [2.45, 2.75) is 24.5 Å². The lowest BCUT2D eigenvalue weighted by Crippen LogP contribution is -2.74. The number of nitrogens with two attached hydrogens (primary N) is 1. The maximum Gasteiger partial charge on any atom is 0.235 e. The number of pyridine rings is 1. The Balaban J connectivity index is 1.69. The third kappa shape index (κ3) is 3.64. The molecule has 2 aromatic rings. The van der Waals surface area contributed by atoms with Gasteiger partial charge in [-0.1, -0.05) is 6.07 Å². The second kappa shape index (κ2) is 9.06. The zero-order valence-electron chi connectivity index (χ0n) is 22.0. The van der Waals surface area contributed by atoms with Crippen LogP contribution >= 0.6 is 0 Å². The average Bonchev–Trinajstić information content (AvgIpc) is 2.86. The Bertz CT molecular complexity index is 1440. The number of aromatic hydroxyl groups is 1. The molecular weight excluding hydrogens is 504 g/mol.